The second kappa shape index (κ2) is 7.15. The first kappa shape index (κ1) is 17.7. The third-order valence-corrected chi connectivity index (χ3v) is 4.44. The van der Waals surface area contributed by atoms with Crippen molar-refractivity contribution in [1.29, 1.82) is 0 Å². The maximum absolute atomic E-state index is 5.44. The number of aryl methyl sites for hydroxylation is 1. The van der Waals surface area contributed by atoms with Crippen LogP contribution in [-0.2, 0) is 0 Å². The highest BCUT2D eigenvalue weighted by atomic mass is 16.5. The number of ether oxygens (including phenoxy) is 2. The summed E-state index contributed by atoms with van der Waals surface area (Å²) in [6, 6.07) is 13.5. The predicted molar refractivity (Wildman–Crippen MR) is 103 cm³/mol. The Balaban J connectivity index is 1.68. The fourth-order valence-electron chi connectivity index (χ4n) is 2.87. The van der Waals surface area contributed by atoms with Crippen molar-refractivity contribution in [2.24, 2.45) is 0 Å². The lowest BCUT2D eigenvalue weighted by atomic mass is 10.2. The summed E-state index contributed by atoms with van der Waals surface area (Å²) >= 11 is 0. The molecule has 0 aliphatic carbocycles. The van der Waals surface area contributed by atoms with Gasteiger partial charge in [-0.25, -0.2) is 4.68 Å². The van der Waals surface area contributed by atoms with Gasteiger partial charge in [-0.15, -0.1) is 5.10 Å². The maximum atomic E-state index is 5.44. The topological polar surface area (TPSA) is 88.1 Å². The van der Waals surface area contributed by atoms with Crippen LogP contribution in [0.25, 0.3) is 28.7 Å². The molecule has 0 radical (unpaired) electrons. The summed E-state index contributed by atoms with van der Waals surface area (Å²) in [6.07, 6.45) is 0. The molecule has 0 amide bonds. The van der Waals surface area contributed by atoms with Crippen molar-refractivity contribution in [3.63, 3.8) is 0 Å². The Kier molecular flexibility index (Phi) is 4.52. The van der Waals surface area contributed by atoms with Crippen LogP contribution in [0.4, 0.5) is 0 Å². The van der Waals surface area contributed by atoms with Gasteiger partial charge in [-0.05, 0) is 44.2 Å². The largest absolute Gasteiger partial charge is 0.493 e. The van der Waals surface area contributed by atoms with Crippen LogP contribution < -0.4 is 9.47 Å². The molecule has 2 aromatic carbocycles. The summed E-state index contributed by atoms with van der Waals surface area (Å²) < 4.78 is 17.8. The van der Waals surface area contributed by atoms with E-state index in [0.29, 0.717) is 28.9 Å². The van der Waals surface area contributed by atoms with E-state index in [1.54, 1.807) is 31.0 Å². The van der Waals surface area contributed by atoms with Crippen molar-refractivity contribution in [3.05, 3.63) is 53.7 Å². The van der Waals surface area contributed by atoms with Crippen molar-refractivity contribution in [2.75, 3.05) is 14.2 Å². The van der Waals surface area contributed by atoms with Crippen LogP contribution in [0, 0.1) is 13.8 Å². The van der Waals surface area contributed by atoms with Crippen LogP contribution in [0.2, 0.25) is 0 Å². The molecule has 8 nitrogen and oxygen atoms in total. The Bertz CT molecular complexity index is 1120. The molecule has 0 saturated heterocycles. The Morgan fingerprint density at radius 3 is 2.39 bits per heavy atom. The number of hydrogen-bond donors (Lipinski definition) is 0. The number of nitrogens with zero attached hydrogens (tertiary/aromatic N) is 5. The molecule has 0 unspecified atom stereocenters. The van der Waals surface area contributed by atoms with Crippen molar-refractivity contribution in [1.82, 2.24) is 25.1 Å². The minimum absolute atomic E-state index is 0.306. The van der Waals surface area contributed by atoms with Gasteiger partial charge in [0.2, 0.25) is 5.82 Å². The SMILES string of the molecule is COc1ccc(-c2noc(-c3nnn(-c4ccc(C)cc4)c3C)n2)cc1OC. The number of rotatable bonds is 5. The summed E-state index contributed by atoms with van der Waals surface area (Å²) in [7, 11) is 3.17. The van der Waals surface area contributed by atoms with Crippen LogP contribution >= 0.6 is 0 Å². The van der Waals surface area contributed by atoms with Gasteiger partial charge < -0.3 is 14.0 Å². The average molecular weight is 377 g/mol. The summed E-state index contributed by atoms with van der Waals surface area (Å²) in [6.45, 7) is 3.95. The molecule has 4 rings (SSSR count). The second-order valence-electron chi connectivity index (χ2n) is 6.26. The third kappa shape index (κ3) is 3.09. The van der Waals surface area contributed by atoms with Gasteiger partial charge in [-0.2, -0.15) is 4.98 Å². The first-order chi connectivity index (χ1) is 13.6. The smallest absolute Gasteiger partial charge is 0.280 e. The van der Waals surface area contributed by atoms with Gasteiger partial charge in [0.1, 0.15) is 0 Å². The van der Waals surface area contributed by atoms with E-state index < -0.39 is 0 Å². The highest BCUT2D eigenvalue weighted by Gasteiger charge is 2.19. The lowest BCUT2D eigenvalue weighted by Crippen LogP contribution is -1.99. The molecule has 0 N–H and O–H groups in total. The minimum atomic E-state index is 0.306. The number of hydrogen-bond acceptors (Lipinski definition) is 7. The fourth-order valence-corrected chi connectivity index (χ4v) is 2.87. The Morgan fingerprint density at radius 1 is 0.929 bits per heavy atom. The second-order valence-corrected chi connectivity index (χ2v) is 6.26. The van der Waals surface area contributed by atoms with E-state index in [1.165, 1.54) is 5.56 Å². The van der Waals surface area contributed by atoms with Gasteiger partial charge in [0.05, 0.1) is 25.6 Å². The van der Waals surface area contributed by atoms with Crippen LogP contribution in [-0.4, -0.2) is 39.4 Å². The van der Waals surface area contributed by atoms with Crippen molar-refractivity contribution >= 4 is 0 Å². The molecule has 2 aromatic heterocycles. The third-order valence-electron chi connectivity index (χ3n) is 4.44. The number of aromatic nitrogens is 5. The minimum Gasteiger partial charge on any atom is -0.493 e. The molecular formula is C20H19N5O3. The van der Waals surface area contributed by atoms with E-state index in [1.807, 2.05) is 44.2 Å². The molecule has 2 heterocycles. The van der Waals surface area contributed by atoms with E-state index >= 15 is 0 Å². The molecule has 0 bridgehead atoms. The number of methoxy groups -OCH3 is 2. The van der Waals surface area contributed by atoms with E-state index in [4.69, 9.17) is 14.0 Å². The van der Waals surface area contributed by atoms with Crippen molar-refractivity contribution < 1.29 is 14.0 Å². The molecule has 0 fully saturated rings. The molecule has 0 saturated carbocycles. The molecular weight excluding hydrogens is 358 g/mol. The average Bonchev–Trinajstić information content (AvgIpc) is 3.35. The molecule has 28 heavy (non-hydrogen) atoms. The zero-order valence-corrected chi connectivity index (χ0v) is 16.0. The van der Waals surface area contributed by atoms with E-state index in [0.717, 1.165) is 16.9 Å². The van der Waals surface area contributed by atoms with Gasteiger partial charge in [0, 0.05) is 5.56 Å². The normalized spacial score (nSPS) is 10.9. The van der Waals surface area contributed by atoms with Crippen molar-refractivity contribution in [2.45, 2.75) is 13.8 Å². The predicted octanol–water partition coefficient (Wildman–Crippen LogP) is 3.62. The summed E-state index contributed by atoms with van der Waals surface area (Å²) in [5.41, 5.74) is 4.20. The van der Waals surface area contributed by atoms with E-state index in [9.17, 15) is 0 Å². The first-order valence-corrected chi connectivity index (χ1v) is 8.66. The standard InChI is InChI=1S/C20H19N5O3/c1-12-5-8-15(9-6-12)25-13(2)18(22-24-25)20-21-19(23-28-20)14-7-10-16(26-3)17(11-14)27-4/h5-11H,1-4H3. The molecule has 0 aliphatic rings. The summed E-state index contributed by atoms with van der Waals surface area (Å²) in [5.74, 6) is 1.96. The van der Waals surface area contributed by atoms with E-state index in [-0.39, 0.29) is 0 Å². The molecule has 0 atom stereocenters. The summed E-state index contributed by atoms with van der Waals surface area (Å²) in [5, 5.41) is 12.5. The number of benzene rings is 2. The fraction of sp³-hybridized carbons (Fsp3) is 0.200. The Labute approximate surface area is 161 Å². The highest BCUT2D eigenvalue weighted by molar-refractivity contribution is 5.63. The van der Waals surface area contributed by atoms with Gasteiger partial charge in [-0.1, -0.05) is 28.1 Å². The monoisotopic (exact) mass is 377 g/mol. The van der Waals surface area contributed by atoms with Gasteiger partial charge >= 0.3 is 0 Å². The summed E-state index contributed by atoms with van der Waals surface area (Å²) in [4.78, 5) is 4.47. The van der Waals surface area contributed by atoms with Gasteiger partial charge in [0.15, 0.2) is 17.2 Å². The van der Waals surface area contributed by atoms with Crippen molar-refractivity contribution in [3.8, 4) is 40.2 Å². The van der Waals surface area contributed by atoms with Crippen LogP contribution in [0.5, 0.6) is 11.5 Å². The zero-order valence-electron chi connectivity index (χ0n) is 16.0. The zero-order chi connectivity index (χ0) is 19.7. The maximum Gasteiger partial charge on any atom is 0.280 e. The first-order valence-electron chi connectivity index (χ1n) is 8.66. The Hall–Kier alpha value is -3.68. The molecule has 4 aromatic rings. The molecule has 0 aliphatic heterocycles. The van der Waals surface area contributed by atoms with Crippen LogP contribution in [0.3, 0.4) is 0 Å². The lowest BCUT2D eigenvalue weighted by Gasteiger charge is -2.07. The van der Waals surface area contributed by atoms with Crippen LogP contribution in [0.1, 0.15) is 11.3 Å². The van der Waals surface area contributed by atoms with Gasteiger partial charge in [0.25, 0.3) is 5.89 Å². The van der Waals surface area contributed by atoms with E-state index in [2.05, 4.69) is 20.5 Å². The highest BCUT2D eigenvalue weighted by Crippen LogP contribution is 2.32. The quantitative estimate of drug-likeness (QED) is 0.525. The molecule has 142 valence electrons. The van der Waals surface area contributed by atoms with Crippen LogP contribution in [0.15, 0.2) is 47.0 Å². The molecule has 0 spiro atoms. The molecule has 8 heteroatoms. The Morgan fingerprint density at radius 2 is 1.68 bits per heavy atom. The lowest BCUT2D eigenvalue weighted by molar-refractivity contribution is 0.355. The van der Waals surface area contributed by atoms with Gasteiger partial charge in [-0.3, -0.25) is 0 Å².